The SMILES string of the molecule is C=Cc1cccc(C(C(=O)NC(C)C)N(C(=O)C(CCC(N)=O)NC(=O)OC(C)(C)C)C2CCC2)c1. The highest BCUT2D eigenvalue weighted by molar-refractivity contribution is 5.93. The van der Waals surface area contributed by atoms with Crippen LogP contribution in [-0.4, -0.2) is 52.4 Å². The van der Waals surface area contributed by atoms with E-state index in [2.05, 4.69) is 17.2 Å². The lowest BCUT2D eigenvalue weighted by Crippen LogP contribution is -2.58. The molecule has 0 aliphatic heterocycles. The number of primary amides is 1. The minimum absolute atomic E-state index is 0.0121. The highest BCUT2D eigenvalue weighted by Crippen LogP contribution is 2.34. The highest BCUT2D eigenvalue weighted by Gasteiger charge is 2.42. The van der Waals surface area contributed by atoms with Gasteiger partial charge in [0.2, 0.25) is 17.7 Å². The minimum Gasteiger partial charge on any atom is -0.444 e. The number of nitrogens with zero attached hydrogens (tertiary/aromatic N) is 1. The van der Waals surface area contributed by atoms with Gasteiger partial charge in [0.05, 0.1) is 0 Å². The van der Waals surface area contributed by atoms with E-state index in [1.54, 1.807) is 37.8 Å². The minimum atomic E-state index is -1.09. The van der Waals surface area contributed by atoms with Gasteiger partial charge >= 0.3 is 6.09 Å². The number of hydrogen-bond acceptors (Lipinski definition) is 5. The molecule has 2 unspecified atom stereocenters. The van der Waals surface area contributed by atoms with Crippen LogP contribution in [0.1, 0.15) is 83.9 Å². The van der Waals surface area contributed by atoms with Crippen LogP contribution in [0.4, 0.5) is 4.79 Å². The fourth-order valence-electron chi connectivity index (χ4n) is 4.01. The van der Waals surface area contributed by atoms with Gasteiger partial charge in [0.15, 0.2) is 0 Å². The van der Waals surface area contributed by atoms with Crippen LogP contribution in [0.3, 0.4) is 0 Å². The molecular formula is C27H40N4O5. The summed E-state index contributed by atoms with van der Waals surface area (Å²) in [6, 6.07) is 4.95. The van der Waals surface area contributed by atoms with Crippen molar-refractivity contribution in [2.45, 2.75) is 96.5 Å². The second-order valence-corrected chi connectivity index (χ2v) is 10.5. The summed E-state index contributed by atoms with van der Waals surface area (Å²) in [4.78, 5) is 53.3. The summed E-state index contributed by atoms with van der Waals surface area (Å²) in [6.45, 7) is 12.7. The van der Waals surface area contributed by atoms with Gasteiger partial charge in [0, 0.05) is 18.5 Å². The summed E-state index contributed by atoms with van der Waals surface area (Å²) >= 11 is 0. The van der Waals surface area contributed by atoms with E-state index in [0.29, 0.717) is 5.56 Å². The van der Waals surface area contributed by atoms with Crippen molar-refractivity contribution < 1.29 is 23.9 Å². The van der Waals surface area contributed by atoms with Crippen LogP contribution in [0.25, 0.3) is 6.08 Å². The molecule has 1 aliphatic carbocycles. The van der Waals surface area contributed by atoms with Gasteiger partial charge in [-0.15, -0.1) is 0 Å². The zero-order valence-corrected chi connectivity index (χ0v) is 22.0. The number of hydrogen-bond donors (Lipinski definition) is 3. The molecular weight excluding hydrogens is 460 g/mol. The van der Waals surface area contributed by atoms with Crippen LogP contribution in [0, 0.1) is 0 Å². The lowest BCUT2D eigenvalue weighted by Gasteiger charge is -2.43. The van der Waals surface area contributed by atoms with Crippen LogP contribution in [0.15, 0.2) is 30.8 Å². The molecule has 0 spiro atoms. The molecule has 1 fully saturated rings. The van der Waals surface area contributed by atoms with Gasteiger partial charge in [-0.2, -0.15) is 0 Å². The molecule has 4 N–H and O–H groups in total. The van der Waals surface area contributed by atoms with Crippen LogP contribution >= 0.6 is 0 Å². The van der Waals surface area contributed by atoms with Crippen molar-refractivity contribution in [3.05, 3.63) is 42.0 Å². The van der Waals surface area contributed by atoms with E-state index >= 15 is 0 Å². The van der Waals surface area contributed by atoms with Crippen LogP contribution in [0.5, 0.6) is 0 Å². The van der Waals surface area contributed by atoms with Crippen molar-refractivity contribution in [2.24, 2.45) is 5.73 Å². The molecule has 1 aliphatic rings. The largest absolute Gasteiger partial charge is 0.444 e. The highest BCUT2D eigenvalue weighted by atomic mass is 16.6. The normalized spacial score (nSPS) is 15.3. The van der Waals surface area contributed by atoms with Gasteiger partial charge in [0.1, 0.15) is 17.7 Å². The smallest absolute Gasteiger partial charge is 0.408 e. The molecule has 2 rings (SSSR count). The Labute approximate surface area is 213 Å². The van der Waals surface area contributed by atoms with E-state index in [1.807, 2.05) is 32.0 Å². The van der Waals surface area contributed by atoms with Crippen molar-refractivity contribution >= 4 is 29.9 Å². The summed E-state index contributed by atoms with van der Waals surface area (Å²) in [5, 5.41) is 5.55. The third-order valence-corrected chi connectivity index (χ3v) is 5.81. The standard InChI is InChI=1S/C27H40N4O5/c1-7-18-10-8-11-19(16-18)23(24(33)29-17(2)3)31(20-12-9-13-20)25(34)21(14-15-22(28)32)30-26(35)36-27(4,5)6/h7-8,10-11,16-17,20-21,23H,1,9,12-15H2,2-6H3,(H2,28,32)(H,29,33)(H,30,35). The Morgan fingerprint density at radius 2 is 1.86 bits per heavy atom. The quantitative estimate of drug-likeness (QED) is 0.428. The van der Waals surface area contributed by atoms with Crippen molar-refractivity contribution in [2.75, 3.05) is 0 Å². The Balaban J connectivity index is 2.51. The van der Waals surface area contributed by atoms with Gasteiger partial charge < -0.3 is 26.0 Å². The van der Waals surface area contributed by atoms with E-state index in [4.69, 9.17) is 10.5 Å². The van der Waals surface area contributed by atoms with E-state index < -0.39 is 35.6 Å². The predicted molar refractivity (Wildman–Crippen MR) is 139 cm³/mol. The third kappa shape index (κ3) is 8.39. The molecule has 198 valence electrons. The zero-order valence-electron chi connectivity index (χ0n) is 22.0. The van der Waals surface area contributed by atoms with Gasteiger partial charge in [-0.25, -0.2) is 4.79 Å². The van der Waals surface area contributed by atoms with E-state index in [-0.39, 0.29) is 30.8 Å². The second kappa shape index (κ2) is 12.6. The summed E-state index contributed by atoms with van der Waals surface area (Å²) in [5.41, 5.74) is 6.02. The Morgan fingerprint density at radius 1 is 1.19 bits per heavy atom. The van der Waals surface area contributed by atoms with Crippen molar-refractivity contribution in [1.82, 2.24) is 15.5 Å². The molecule has 36 heavy (non-hydrogen) atoms. The lowest BCUT2D eigenvalue weighted by atomic mass is 9.87. The van der Waals surface area contributed by atoms with Gasteiger partial charge in [0.25, 0.3) is 0 Å². The van der Waals surface area contributed by atoms with Crippen LogP contribution in [-0.2, 0) is 19.1 Å². The summed E-state index contributed by atoms with van der Waals surface area (Å²) in [6.07, 6.45) is 3.15. The van der Waals surface area contributed by atoms with Crippen molar-refractivity contribution in [1.29, 1.82) is 0 Å². The topological polar surface area (TPSA) is 131 Å². The summed E-state index contributed by atoms with van der Waals surface area (Å²) in [5.74, 6) is -1.38. The number of carbonyl (C=O) groups is 4. The number of rotatable bonds is 11. The number of alkyl carbamates (subject to hydrolysis) is 1. The van der Waals surface area contributed by atoms with Crippen molar-refractivity contribution in [3.8, 4) is 0 Å². The maximum absolute atomic E-state index is 14.1. The van der Waals surface area contributed by atoms with E-state index in [0.717, 1.165) is 24.8 Å². The zero-order chi connectivity index (χ0) is 27.0. The number of ether oxygens (including phenoxy) is 1. The van der Waals surface area contributed by atoms with Gasteiger partial charge in [-0.1, -0.05) is 30.9 Å². The molecule has 0 aromatic heterocycles. The fourth-order valence-corrected chi connectivity index (χ4v) is 4.01. The average molecular weight is 501 g/mol. The summed E-state index contributed by atoms with van der Waals surface area (Å²) in [7, 11) is 0. The molecule has 9 nitrogen and oxygen atoms in total. The third-order valence-electron chi connectivity index (χ3n) is 5.81. The molecule has 0 heterocycles. The number of carbonyl (C=O) groups excluding carboxylic acids is 4. The Hall–Kier alpha value is -3.36. The number of nitrogens with one attached hydrogen (secondary N) is 2. The maximum Gasteiger partial charge on any atom is 0.408 e. The first kappa shape index (κ1) is 28.9. The molecule has 0 saturated heterocycles. The van der Waals surface area contributed by atoms with Crippen LogP contribution < -0.4 is 16.4 Å². The summed E-state index contributed by atoms with van der Waals surface area (Å²) < 4.78 is 5.35. The molecule has 0 radical (unpaired) electrons. The average Bonchev–Trinajstić information content (AvgIpc) is 2.72. The molecule has 0 bridgehead atoms. The number of amides is 4. The molecule has 4 amide bonds. The molecule has 1 saturated carbocycles. The van der Waals surface area contributed by atoms with E-state index in [1.165, 1.54) is 0 Å². The maximum atomic E-state index is 14.1. The first-order valence-electron chi connectivity index (χ1n) is 12.4. The first-order valence-corrected chi connectivity index (χ1v) is 12.4. The monoisotopic (exact) mass is 500 g/mol. The fraction of sp³-hybridized carbons (Fsp3) is 0.556. The Morgan fingerprint density at radius 3 is 2.36 bits per heavy atom. The van der Waals surface area contributed by atoms with Gasteiger partial charge in [-0.05, 0) is 77.5 Å². The number of benzene rings is 1. The Bertz CT molecular complexity index is 965. The Kier molecular flexibility index (Phi) is 10.1. The first-order chi connectivity index (χ1) is 16.8. The second-order valence-electron chi connectivity index (χ2n) is 10.5. The molecule has 1 aromatic rings. The predicted octanol–water partition coefficient (Wildman–Crippen LogP) is 3.44. The van der Waals surface area contributed by atoms with E-state index in [9.17, 15) is 19.2 Å². The lowest BCUT2D eigenvalue weighted by molar-refractivity contribution is -0.147. The van der Waals surface area contributed by atoms with Crippen molar-refractivity contribution in [3.63, 3.8) is 0 Å². The van der Waals surface area contributed by atoms with Gasteiger partial charge in [-0.3, -0.25) is 14.4 Å². The number of nitrogens with two attached hydrogens (primary N) is 1. The molecule has 2 atom stereocenters. The van der Waals surface area contributed by atoms with Crippen LogP contribution in [0.2, 0.25) is 0 Å². The molecule has 9 heteroatoms. The molecule has 1 aromatic carbocycles.